The molecule has 164 valence electrons. The average molecular weight is 434 g/mol. The molecule has 0 saturated heterocycles. The molecule has 0 bridgehead atoms. The number of aryl methyl sites for hydroxylation is 2. The Bertz CT molecular complexity index is 1260. The van der Waals surface area contributed by atoms with Crippen LogP contribution < -0.4 is 5.56 Å². The first-order valence-electron chi connectivity index (χ1n) is 9.78. The molecule has 3 atom stereocenters. The van der Waals surface area contributed by atoms with Gasteiger partial charge in [0.05, 0.1) is 11.4 Å². The third kappa shape index (κ3) is 3.39. The van der Waals surface area contributed by atoms with Gasteiger partial charge in [-0.05, 0) is 42.7 Å². The van der Waals surface area contributed by atoms with Crippen molar-refractivity contribution in [3.05, 3.63) is 81.7 Å². The van der Waals surface area contributed by atoms with Crippen LogP contribution in [0.5, 0.6) is 0 Å². The van der Waals surface area contributed by atoms with Crippen molar-refractivity contribution in [2.24, 2.45) is 7.05 Å². The number of halogens is 4. The van der Waals surface area contributed by atoms with Gasteiger partial charge in [0.15, 0.2) is 5.60 Å². The Balaban J connectivity index is 1.88. The zero-order valence-corrected chi connectivity index (χ0v) is 17.2. The summed E-state index contributed by atoms with van der Waals surface area (Å²) in [6, 6.07) is 6.77. The van der Waals surface area contributed by atoms with E-state index in [-0.39, 0.29) is 11.3 Å². The highest BCUT2D eigenvalue weighted by Crippen LogP contribution is 2.53. The van der Waals surface area contributed by atoms with Crippen molar-refractivity contribution in [1.82, 2.24) is 9.55 Å². The maximum absolute atomic E-state index is 14.3. The normalized spacial score (nSPS) is 26.5. The quantitative estimate of drug-likeness (QED) is 0.457. The highest BCUT2D eigenvalue weighted by atomic mass is 19.4. The minimum absolute atomic E-state index is 0.148. The van der Waals surface area contributed by atoms with Gasteiger partial charge >= 0.3 is 6.18 Å². The molecule has 0 fully saturated rings. The Morgan fingerprint density at radius 1 is 1.23 bits per heavy atom. The SMILES string of the molecule is Cc1ccc(F)cc1C1(C)C=CC(c2cc3cc(=O)n(C)cc3[nH]2)C(O)(C(F)(F)F)C1. The fraction of sp³-hybridized carbons (Fsp3) is 0.348. The van der Waals surface area contributed by atoms with Crippen molar-refractivity contribution in [3.63, 3.8) is 0 Å². The number of nitrogens with zero attached hydrogens (tertiary/aromatic N) is 1. The van der Waals surface area contributed by atoms with E-state index in [1.807, 2.05) is 0 Å². The lowest BCUT2D eigenvalue weighted by Crippen LogP contribution is -2.55. The van der Waals surface area contributed by atoms with E-state index >= 15 is 0 Å². The number of H-pyrrole nitrogens is 1. The van der Waals surface area contributed by atoms with Crippen LogP contribution in [0.1, 0.15) is 36.1 Å². The van der Waals surface area contributed by atoms with Crippen molar-refractivity contribution in [1.29, 1.82) is 0 Å². The molecule has 31 heavy (non-hydrogen) atoms. The molecule has 1 aromatic carbocycles. The Labute approximate surface area is 175 Å². The number of hydrogen-bond donors (Lipinski definition) is 2. The number of aromatic nitrogens is 2. The standard InChI is InChI=1S/C23H22F4N2O2/c1-13-4-5-15(24)10-17(13)21(2)7-6-16(22(31,12-21)23(25,26)27)18-8-14-9-20(30)29(3)11-19(14)28-18/h4-11,16,28,31H,12H2,1-3H3. The van der Waals surface area contributed by atoms with Crippen molar-refractivity contribution >= 4 is 10.9 Å². The molecule has 2 heterocycles. The Hall–Kier alpha value is -2.87. The van der Waals surface area contributed by atoms with E-state index in [2.05, 4.69) is 4.98 Å². The lowest BCUT2D eigenvalue weighted by atomic mass is 9.63. The molecular formula is C23H22F4N2O2. The largest absolute Gasteiger partial charge is 0.418 e. The van der Waals surface area contributed by atoms with Gasteiger partial charge in [-0.2, -0.15) is 13.2 Å². The van der Waals surface area contributed by atoms with Crippen molar-refractivity contribution < 1.29 is 22.7 Å². The summed E-state index contributed by atoms with van der Waals surface area (Å²) in [5.41, 5.74) is -2.95. The summed E-state index contributed by atoms with van der Waals surface area (Å²) in [7, 11) is 1.54. The second-order valence-corrected chi connectivity index (χ2v) is 8.63. The molecular weight excluding hydrogens is 412 g/mol. The van der Waals surface area contributed by atoms with E-state index < -0.39 is 35.3 Å². The van der Waals surface area contributed by atoms with Crippen LogP contribution in [0.2, 0.25) is 0 Å². The molecule has 0 radical (unpaired) electrons. The number of nitrogens with one attached hydrogen (secondary N) is 1. The fourth-order valence-corrected chi connectivity index (χ4v) is 4.62. The molecule has 4 rings (SSSR count). The molecule has 2 N–H and O–H groups in total. The van der Waals surface area contributed by atoms with Crippen LogP contribution in [0.25, 0.3) is 10.9 Å². The molecule has 1 aliphatic carbocycles. The van der Waals surface area contributed by atoms with Gasteiger partial charge in [-0.15, -0.1) is 0 Å². The molecule has 3 unspecified atom stereocenters. The minimum Gasteiger partial charge on any atom is -0.380 e. The predicted molar refractivity (Wildman–Crippen MR) is 110 cm³/mol. The molecule has 0 amide bonds. The summed E-state index contributed by atoms with van der Waals surface area (Å²) in [5, 5.41) is 11.5. The lowest BCUT2D eigenvalue weighted by Gasteiger charge is -2.45. The molecule has 1 aliphatic rings. The minimum atomic E-state index is -4.95. The third-order valence-electron chi connectivity index (χ3n) is 6.30. The number of aliphatic hydroxyl groups is 1. The van der Waals surface area contributed by atoms with Crippen molar-refractivity contribution in [3.8, 4) is 0 Å². The summed E-state index contributed by atoms with van der Waals surface area (Å²) in [5.74, 6) is -1.97. The molecule has 2 aromatic heterocycles. The van der Waals surface area contributed by atoms with E-state index in [4.69, 9.17) is 0 Å². The van der Waals surface area contributed by atoms with Crippen LogP contribution in [-0.2, 0) is 12.5 Å². The topological polar surface area (TPSA) is 58.0 Å². The number of hydrogen-bond acceptors (Lipinski definition) is 2. The Morgan fingerprint density at radius 2 is 1.94 bits per heavy atom. The number of fused-ring (bicyclic) bond motifs is 1. The van der Waals surface area contributed by atoms with Crippen LogP contribution in [0.15, 0.2) is 53.5 Å². The van der Waals surface area contributed by atoms with Crippen LogP contribution >= 0.6 is 0 Å². The maximum Gasteiger partial charge on any atom is 0.418 e. The van der Waals surface area contributed by atoms with Crippen LogP contribution in [0, 0.1) is 12.7 Å². The van der Waals surface area contributed by atoms with Gasteiger partial charge in [-0.1, -0.05) is 25.1 Å². The summed E-state index contributed by atoms with van der Waals surface area (Å²) in [4.78, 5) is 14.8. The Kier molecular flexibility index (Phi) is 4.70. The fourth-order valence-electron chi connectivity index (χ4n) is 4.62. The number of benzene rings is 1. The van der Waals surface area contributed by atoms with Gasteiger partial charge in [0.25, 0.3) is 5.56 Å². The maximum atomic E-state index is 14.3. The summed E-state index contributed by atoms with van der Waals surface area (Å²) >= 11 is 0. The smallest absolute Gasteiger partial charge is 0.380 e. The first-order valence-corrected chi connectivity index (χ1v) is 9.78. The molecule has 0 spiro atoms. The van der Waals surface area contributed by atoms with Crippen LogP contribution in [0.4, 0.5) is 17.6 Å². The van der Waals surface area contributed by atoms with E-state index in [0.29, 0.717) is 22.0 Å². The van der Waals surface area contributed by atoms with Crippen molar-refractivity contribution in [2.75, 3.05) is 0 Å². The van der Waals surface area contributed by atoms with E-state index in [0.717, 1.165) is 0 Å². The van der Waals surface area contributed by atoms with Crippen molar-refractivity contribution in [2.45, 2.75) is 43.4 Å². The molecule has 4 nitrogen and oxygen atoms in total. The number of aromatic amines is 1. The first-order chi connectivity index (χ1) is 14.3. The van der Waals surface area contributed by atoms with E-state index in [1.54, 1.807) is 27.0 Å². The number of pyridine rings is 1. The predicted octanol–water partition coefficient (Wildman–Crippen LogP) is 4.61. The van der Waals surface area contributed by atoms with E-state index in [1.165, 1.54) is 47.2 Å². The van der Waals surface area contributed by atoms with Gasteiger partial charge < -0.3 is 14.7 Å². The van der Waals surface area contributed by atoms with Gasteiger partial charge in [-0.25, -0.2) is 4.39 Å². The monoisotopic (exact) mass is 434 g/mol. The molecule has 8 heteroatoms. The number of alkyl halides is 3. The van der Waals surface area contributed by atoms with Crippen LogP contribution in [-0.4, -0.2) is 26.4 Å². The van der Waals surface area contributed by atoms with Gasteiger partial charge in [-0.3, -0.25) is 4.79 Å². The zero-order valence-electron chi connectivity index (χ0n) is 17.2. The second-order valence-electron chi connectivity index (χ2n) is 8.63. The van der Waals surface area contributed by atoms with Gasteiger partial charge in [0, 0.05) is 35.8 Å². The van der Waals surface area contributed by atoms with Crippen LogP contribution in [0.3, 0.4) is 0 Å². The Morgan fingerprint density at radius 3 is 2.61 bits per heavy atom. The summed E-state index contributed by atoms with van der Waals surface area (Å²) in [6.07, 6.45) is -1.20. The highest BCUT2D eigenvalue weighted by molar-refractivity contribution is 5.79. The molecule has 0 aliphatic heterocycles. The van der Waals surface area contributed by atoms with Gasteiger partial charge in [0.1, 0.15) is 5.82 Å². The zero-order chi connectivity index (χ0) is 22.8. The van der Waals surface area contributed by atoms with E-state index in [9.17, 15) is 27.5 Å². The molecule has 0 saturated carbocycles. The average Bonchev–Trinajstić information content (AvgIpc) is 3.05. The summed E-state index contributed by atoms with van der Waals surface area (Å²) < 4.78 is 58.0. The second kappa shape index (κ2) is 6.82. The highest BCUT2D eigenvalue weighted by Gasteiger charge is 2.62. The number of rotatable bonds is 2. The first kappa shape index (κ1) is 21.4. The summed E-state index contributed by atoms with van der Waals surface area (Å²) in [6.45, 7) is 3.26. The lowest BCUT2D eigenvalue weighted by molar-refractivity contribution is -0.272. The number of allylic oxidation sites excluding steroid dienone is 1. The van der Waals surface area contributed by atoms with Gasteiger partial charge in [0.2, 0.25) is 0 Å². The third-order valence-corrected chi connectivity index (χ3v) is 6.30. The molecule has 3 aromatic rings.